The highest BCUT2D eigenvalue weighted by Crippen LogP contribution is 2.41. The molecule has 2 aromatic rings. The summed E-state index contributed by atoms with van der Waals surface area (Å²) in [6, 6.07) is 4.04. The quantitative estimate of drug-likeness (QED) is 0.814. The minimum absolute atomic E-state index is 0.590. The molecule has 0 atom stereocenters. The molecule has 1 aromatic heterocycles. The highest BCUT2D eigenvalue weighted by atomic mass is 79.9. The van der Waals surface area contributed by atoms with Gasteiger partial charge < -0.3 is 14.8 Å². The van der Waals surface area contributed by atoms with Crippen LogP contribution < -0.4 is 14.8 Å². The smallest absolute Gasteiger partial charge is 0.175 e. The van der Waals surface area contributed by atoms with E-state index in [2.05, 4.69) is 38.5 Å². The van der Waals surface area contributed by atoms with E-state index in [0.29, 0.717) is 13.2 Å². The van der Waals surface area contributed by atoms with Gasteiger partial charge in [-0.05, 0) is 41.0 Å². The van der Waals surface area contributed by atoms with Gasteiger partial charge in [0.25, 0.3) is 0 Å². The fourth-order valence-electron chi connectivity index (χ4n) is 2.15. The zero-order valence-electron chi connectivity index (χ0n) is 11.8. The minimum atomic E-state index is 0.590. The first-order valence-electron chi connectivity index (χ1n) is 7.02. The van der Waals surface area contributed by atoms with Crippen molar-refractivity contribution in [2.45, 2.75) is 19.9 Å². The predicted octanol–water partition coefficient (Wildman–Crippen LogP) is 3.84. The second-order valence-electron chi connectivity index (χ2n) is 4.80. The lowest BCUT2D eigenvalue weighted by atomic mass is 10.2. The van der Waals surface area contributed by atoms with Crippen molar-refractivity contribution in [1.82, 2.24) is 10.3 Å². The molecule has 3 rings (SSSR count). The van der Waals surface area contributed by atoms with E-state index >= 15 is 0 Å². The highest BCUT2D eigenvalue weighted by Gasteiger charge is 2.18. The Labute approximate surface area is 136 Å². The first-order valence-corrected chi connectivity index (χ1v) is 8.70. The van der Waals surface area contributed by atoms with E-state index in [4.69, 9.17) is 9.47 Å². The number of thiazole rings is 1. The number of benzene rings is 1. The average Bonchev–Trinajstić information content (AvgIpc) is 2.96. The summed E-state index contributed by atoms with van der Waals surface area (Å²) >= 11 is 5.20. The lowest BCUT2D eigenvalue weighted by molar-refractivity contribution is 0.170. The van der Waals surface area contributed by atoms with Crippen LogP contribution in [0.5, 0.6) is 11.5 Å². The van der Waals surface area contributed by atoms with Gasteiger partial charge in [0.1, 0.15) is 18.2 Å². The van der Waals surface area contributed by atoms with Crippen LogP contribution in [0.4, 0.5) is 0 Å². The number of nitrogens with one attached hydrogen (secondary N) is 1. The van der Waals surface area contributed by atoms with Crippen LogP contribution in [0.3, 0.4) is 0 Å². The maximum Gasteiger partial charge on any atom is 0.175 e. The Morgan fingerprint density at radius 3 is 3.05 bits per heavy atom. The van der Waals surface area contributed by atoms with Crippen molar-refractivity contribution in [3.63, 3.8) is 0 Å². The van der Waals surface area contributed by atoms with Crippen LogP contribution in [0.1, 0.15) is 19.0 Å². The monoisotopic (exact) mass is 368 g/mol. The number of ether oxygens (including phenoxy) is 2. The van der Waals surface area contributed by atoms with Crippen LogP contribution in [0, 0.1) is 0 Å². The number of nitrogens with zero attached hydrogens (tertiary/aromatic N) is 1. The summed E-state index contributed by atoms with van der Waals surface area (Å²) in [6.45, 7) is 5.17. The van der Waals surface area contributed by atoms with E-state index in [1.165, 1.54) is 0 Å². The number of hydrogen-bond donors (Lipinski definition) is 1. The second-order valence-corrected chi connectivity index (χ2v) is 6.52. The molecule has 4 nitrogen and oxygen atoms in total. The lowest BCUT2D eigenvalue weighted by Crippen LogP contribution is -2.15. The Bertz CT molecular complexity index is 630. The molecule has 2 heterocycles. The Balaban J connectivity index is 1.82. The van der Waals surface area contributed by atoms with Gasteiger partial charge in [-0.2, -0.15) is 0 Å². The number of halogens is 1. The van der Waals surface area contributed by atoms with E-state index in [0.717, 1.165) is 51.7 Å². The van der Waals surface area contributed by atoms with Crippen molar-refractivity contribution in [3.05, 3.63) is 27.7 Å². The molecule has 0 amide bonds. The molecule has 0 spiro atoms. The second kappa shape index (κ2) is 6.77. The van der Waals surface area contributed by atoms with E-state index in [9.17, 15) is 0 Å². The van der Waals surface area contributed by atoms with Gasteiger partial charge in [-0.3, -0.25) is 0 Å². The summed E-state index contributed by atoms with van der Waals surface area (Å²) in [7, 11) is 0. The molecule has 0 saturated carbocycles. The van der Waals surface area contributed by atoms with E-state index in [1.54, 1.807) is 11.3 Å². The predicted molar refractivity (Wildman–Crippen MR) is 88.2 cm³/mol. The Hall–Kier alpha value is -1.11. The summed E-state index contributed by atoms with van der Waals surface area (Å²) < 4.78 is 12.2. The van der Waals surface area contributed by atoms with Crippen molar-refractivity contribution >= 4 is 27.3 Å². The van der Waals surface area contributed by atoms with Crippen LogP contribution in [-0.4, -0.2) is 24.7 Å². The van der Waals surface area contributed by atoms with E-state index in [-0.39, 0.29) is 0 Å². The van der Waals surface area contributed by atoms with Gasteiger partial charge in [0.2, 0.25) is 0 Å². The number of fused-ring (bicyclic) bond motifs is 1. The summed E-state index contributed by atoms with van der Waals surface area (Å²) in [6.07, 6.45) is 1.13. The van der Waals surface area contributed by atoms with Crippen molar-refractivity contribution in [1.29, 1.82) is 0 Å². The molecule has 21 heavy (non-hydrogen) atoms. The molecule has 0 aliphatic carbocycles. The number of hydrogen-bond acceptors (Lipinski definition) is 5. The average molecular weight is 369 g/mol. The number of rotatable bonds is 5. The van der Waals surface area contributed by atoms with Gasteiger partial charge in [0, 0.05) is 17.5 Å². The molecule has 6 heteroatoms. The zero-order chi connectivity index (χ0) is 14.7. The van der Waals surface area contributed by atoms with Gasteiger partial charge in [-0.1, -0.05) is 6.92 Å². The molecule has 0 radical (unpaired) electrons. The highest BCUT2D eigenvalue weighted by molar-refractivity contribution is 9.10. The van der Waals surface area contributed by atoms with Crippen LogP contribution in [0.2, 0.25) is 0 Å². The molecule has 112 valence electrons. The van der Waals surface area contributed by atoms with E-state index in [1.807, 2.05) is 12.1 Å². The summed E-state index contributed by atoms with van der Waals surface area (Å²) in [5.41, 5.74) is 2.13. The molecule has 1 aromatic carbocycles. The maximum absolute atomic E-state index is 5.66. The van der Waals surface area contributed by atoms with Crippen LogP contribution in [-0.2, 0) is 6.54 Å². The summed E-state index contributed by atoms with van der Waals surface area (Å²) in [4.78, 5) is 4.68. The van der Waals surface area contributed by atoms with Crippen molar-refractivity contribution in [2.24, 2.45) is 0 Å². The van der Waals surface area contributed by atoms with Crippen LogP contribution >= 0.6 is 27.3 Å². The van der Waals surface area contributed by atoms with Crippen LogP contribution in [0.25, 0.3) is 10.6 Å². The summed E-state index contributed by atoms with van der Waals surface area (Å²) in [5, 5.41) is 6.47. The third-order valence-corrected chi connectivity index (χ3v) is 4.66. The Kier molecular flexibility index (Phi) is 4.77. The molecule has 0 bridgehead atoms. The SMILES string of the molecule is CCCNCc1csc(-c2cc(Br)c3c(c2)OCCO3)n1. The van der Waals surface area contributed by atoms with Crippen molar-refractivity contribution in [2.75, 3.05) is 19.8 Å². The molecular formula is C15H17BrN2O2S. The van der Waals surface area contributed by atoms with Crippen molar-refractivity contribution in [3.8, 4) is 22.1 Å². The molecule has 0 fully saturated rings. The summed E-state index contributed by atoms with van der Waals surface area (Å²) in [5.74, 6) is 1.57. The zero-order valence-corrected chi connectivity index (χ0v) is 14.2. The van der Waals surface area contributed by atoms with Crippen LogP contribution in [0.15, 0.2) is 22.0 Å². The Morgan fingerprint density at radius 1 is 1.33 bits per heavy atom. The topological polar surface area (TPSA) is 43.4 Å². The largest absolute Gasteiger partial charge is 0.486 e. The van der Waals surface area contributed by atoms with Crippen molar-refractivity contribution < 1.29 is 9.47 Å². The normalized spacial score (nSPS) is 13.4. The fraction of sp³-hybridized carbons (Fsp3) is 0.400. The molecule has 1 aliphatic rings. The van der Waals surface area contributed by atoms with Gasteiger partial charge in [0.15, 0.2) is 11.5 Å². The van der Waals surface area contributed by atoms with E-state index < -0.39 is 0 Å². The standard InChI is InChI=1S/C15H17BrN2O2S/c1-2-3-17-8-11-9-21-15(18-11)10-6-12(16)14-13(7-10)19-4-5-20-14/h6-7,9,17H,2-5,8H2,1H3. The third-order valence-electron chi connectivity index (χ3n) is 3.13. The molecule has 0 unspecified atom stereocenters. The lowest BCUT2D eigenvalue weighted by Gasteiger charge is -2.20. The molecule has 1 aliphatic heterocycles. The van der Waals surface area contributed by atoms with Gasteiger partial charge >= 0.3 is 0 Å². The Morgan fingerprint density at radius 2 is 2.19 bits per heavy atom. The number of aromatic nitrogens is 1. The first kappa shape index (κ1) is 14.8. The van der Waals surface area contributed by atoms with Gasteiger partial charge in [0.05, 0.1) is 10.2 Å². The molecule has 0 saturated heterocycles. The van der Waals surface area contributed by atoms with Gasteiger partial charge in [-0.25, -0.2) is 4.98 Å². The van der Waals surface area contributed by atoms with Gasteiger partial charge in [-0.15, -0.1) is 11.3 Å². The molecule has 1 N–H and O–H groups in total. The first-order chi connectivity index (χ1) is 10.3. The fourth-order valence-corrected chi connectivity index (χ4v) is 3.51. The third kappa shape index (κ3) is 3.39. The minimum Gasteiger partial charge on any atom is -0.486 e. The molecular weight excluding hydrogens is 352 g/mol. The maximum atomic E-state index is 5.66.